The number of hydrogen-bond acceptors (Lipinski definition) is 4. The van der Waals surface area contributed by atoms with Gasteiger partial charge in [-0.15, -0.1) is 11.3 Å². The number of nitrogens with zero attached hydrogens (tertiary/aromatic N) is 1. The molecule has 0 saturated carbocycles. The van der Waals surface area contributed by atoms with Crippen molar-refractivity contribution in [2.24, 2.45) is 0 Å². The number of benzene rings is 1. The molecule has 0 aliphatic carbocycles. The van der Waals surface area contributed by atoms with Gasteiger partial charge in [0.15, 0.2) is 0 Å². The highest BCUT2D eigenvalue weighted by atomic mass is 32.1. The summed E-state index contributed by atoms with van der Waals surface area (Å²) in [6, 6.07) is 10.00. The molecule has 1 aromatic carbocycles. The van der Waals surface area contributed by atoms with Crippen molar-refractivity contribution in [3.8, 4) is 0 Å². The molecule has 1 heterocycles. The molecule has 1 aromatic heterocycles. The minimum Gasteiger partial charge on any atom is -0.394 e. The predicted octanol–water partition coefficient (Wildman–Crippen LogP) is 2.45. The molecule has 0 aliphatic heterocycles. The molecule has 2 rings (SSSR count). The average molecular weight is 262 g/mol. The fourth-order valence-corrected chi connectivity index (χ4v) is 2.52. The molecule has 0 amide bonds. The van der Waals surface area contributed by atoms with Gasteiger partial charge in [0.05, 0.1) is 12.1 Å². The molecule has 96 valence electrons. The highest BCUT2D eigenvalue weighted by molar-refractivity contribution is 7.09. The summed E-state index contributed by atoms with van der Waals surface area (Å²) in [5.41, 5.74) is 1.70. The fraction of sp³-hybridized carbons (Fsp3) is 0.357. The van der Waals surface area contributed by atoms with Crippen LogP contribution in [0.25, 0.3) is 0 Å². The Balaban J connectivity index is 2.09. The van der Waals surface area contributed by atoms with Gasteiger partial charge in [-0.05, 0) is 19.4 Å². The molecular formula is C14H18N2OS. The quantitative estimate of drug-likeness (QED) is 0.870. The number of rotatable bonds is 5. The summed E-state index contributed by atoms with van der Waals surface area (Å²) < 4.78 is 0. The Kier molecular flexibility index (Phi) is 4.11. The van der Waals surface area contributed by atoms with E-state index in [0.717, 1.165) is 16.3 Å². The number of aromatic nitrogens is 1. The van der Waals surface area contributed by atoms with Crippen LogP contribution < -0.4 is 5.32 Å². The number of nitrogens with one attached hydrogen (secondary N) is 1. The van der Waals surface area contributed by atoms with Crippen LogP contribution in [-0.4, -0.2) is 16.7 Å². The summed E-state index contributed by atoms with van der Waals surface area (Å²) in [7, 11) is 0. The average Bonchev–Trinajstić information content (AvgIpc) is 2.83. The maximum absolute atomic E-state index is 9.64. The van der Waals surface area contributed by atoms with E-state index in [1.807, 2.05) is 49.6 Å². The van der Waals surface area contributed by atoms with E-state index >= 15 is 0 Å². The first-order valence-electron chi connectivity index (χ1n) is 5.96. The third-order valence-electron chi connectivity index (χ3n) is 3.02. The van der Waals surface area contributed by atoms with Gasteiger partial charge in [-0.3, -0.25) is 5.32 Å². The Labute approximate surface area is 112 Å². The van der Waals surface area contributed by atoms with Crippen LogP contribution >= 0.6 is 11.3 Å². The lowest BCUT2D eigenvalue weighted by Crippen LogP contribution is -2.42. The standard InChI is InChI=1S/C14H18N2OS/c1-11-9-18-13(16-11)8-15-14(2,10-17)12-6-4-3-5-7-12/h3-7,9,15,17H,8,10H2,1-2H3. The van der Waals surface area contributed by atoms with E-state index in [2.05, 4.69) is 10.3 Å². The number of aliphatic hydroxyl groups is 1. The van der Waals surface area contributed by atoms with Crippen LogP contribution in [0.5, 0.6) is 0 Å². The summed E-state index contributed by atoms with van der Waals surface area (Å²) in [4.78, 5) is 4.42. The van der Waals surface area contributed by atoms with Crippen molar-refractivity contribution in [1.82, 2.24) is 10.3 Å². The van der Waals surface area contributed by atoms with Gasteiger partial charge in [-0.25, -0.2) is 4.98 Å². The van der Waals surface area contributed by atoms with Crippen LogP contribution in [0.4, 0.5) is 0 Å². The smallest absolute Gasteiger partial charge is 0.107 e. The summed E-state index contributed by atoms with van der Waals surface area (Å²) in [5.74, 6) is 0. The van der Waals surface area contributed by atoms with Gasteiger partial charge in [-0.1, -0.05) is 30.3 Å². The molecule has 1 unspecified atom stereocenters. The number of thiazole rings is 1. The van der Waals surface area contributed by atoms with Crippen LogP contribution in [0, 0.1) is 6.92 Å². The van der Waals surface area contributed by atoms with E-state index in [1.165, 1.54) is 0 Å². The van der Waals surface area contributed by atoms with Crippen molar-refractivity contribution in [1.29, 1.82) is 0 Å². The lowest BCUT2D eigenvalue weighted by atomic mass is 9.93. The predicted molar refractivity (Wildman–Crippen MR) is 74.6 cm³/mol. The van der Waals surface area contributed by atoms with E-state index in [9.17, 15) is 5.11 Å². The van der Waals surface area contributed by atoms with Gasteiger partial charge in [0.25, 0.3) is 0 Å². The van der Waals surface area contributed by atoms with Crippen molar-refractivity contribution < 1.29 is 5.11 Å². The summed E-state index contributed by atoms with van der Waals surface area (Å²) >= 11 is 1.64. The summed E-state index contributed by atoms with van der Waals surface area (Å²) in [5, 5.41) is 16.1. The third-order valence-corrected chi connectivity index (χ3v) is 3.99. The van der Waals surface area contributed by atoms with Crippen LogP contribution in [0.15, 0.2) is 35.7 Å². The second-order valence-electron chi connectivity index (χ2n) is 4.59. The lowest BCUT2D eigenvalue weighted by Gasteiger charge is -2.29. The maximum atomic E-state index is 9.64. The molecule has 0 aliphatic rings. The molecule has 18 heavy (non-hydrogen) atoms. The van der Waals surface area contributed by atoms with Gasteiger partial charge < -0.3 is 5.11 Å². The Morgan fingerprint density at radius 3 is 2.61 bits per heavy atom. The Morgan fingerprint density at radius 1 is 1.33 bits per heavy atom. The molecular weight excluding hydrogens is 244 g/mol. The molecule has 0 bridgehead atoms. The van der Waals surface area contributed by atoms with Crippen molar-refractivity contribution in [3.63, 3.8) is 0 Å². The van der Waals surface area contributed by atoms with Gasteiger partial charge in [-0.2, -0.15) is 0 Å². The van der Waals surface area contributed by atoms with Gasteiger partial charge in [0, 0.05) is 17.6 Å². The van der Waals surface area contributed by atoms with E-state index in [-0.39, 0.29) is 6.61 Å². The van der Waals surface area contributed by atoms with Crippen LogP contribution in [0.1, 0.15) is 23.2 Å². The maximum Gasteiger partial charge on any atom is 0.107 e. The molecule has 3 nitrogen and oxygen atoms in total. The van der Waals surface area contributed by atoms with E-state index < -0.39 is 5.54 Å². The molecule has 0 saturated heterocycles. The molecule has 2 aromatic rings. The topological polar surface area (TPSA) is 45.1 Å². The summed E-state index contributed by atoms with van der Waals surface area (Å²) in [6.07, 6.45) is 0. The van der Waals surface area contributed by atoms with Crippen molar-refractivity contribution >= 4 is 11.3 Å². The fourth-order valence-electron chi connectivity index (χ4n) is 1.81. The Hall–Kier alpha value is -1.23. The first-order chi connectivity index (χ1) is 8.64. The minimum atomic E-state index is -0.430. The first kappa shape index (κ1) is 13.2. The molecule has 0 spiro atoms. The van der Waals surface area contributed by atoms with Crippen molar-refractivity contribution in [2.45, 2.75) is 25.9 Å². The van der Waals surface area contributed by atoms with Gasteiger partial charge >= 0.3 is 0 Å². The Bertz CT molecular complexity index is 498. The first-order valence-corrected chi connectivity index (χ1v) is 6.84. The highest BCUT2D eigenvalue weighted by Gasteiger charge is 2.25. The normalized spacial score (nSPS) is 14.4. The molecule has 2 N–H and O–H groups in total. The molecule has 0 fully saturated rings. The molecule has 0 radical (unpaired) electrons. The van der Waals surface area contributed by atoms with E-state index in [0.29, 0.717) is 6.54 Å². The van der Waals surface area contributed by atoms with Gasteiger partial charge in [0.2, 0.25) is 0 Å². The van der Waals surface area contributed by atoms with Crippen LogP contribution in [0.3, 0.4) is 0 Å². The van der Waals surface area contributed by atoms with Crippen LogP contribution in [0.2, 0.25) is 0 Å². The van der Waals surface area contributed by atoms with E-state index in [1.54, 1.807) is 11.3 Å². The molecule has 1 atom stereocenters. The zero-order valence-electron chi connectivity index (χ0n) is 10.7. The lowest BCUT2D eigenvalue weighted by molar-refractivity contribution is 0.173. The highest BCUT2D eigenvalue weighted by Crippen LogP contribution is 2.21. The Morgan fingerprint density at radius 2 is 2.06 bits per heavy atom. The molecule has 4 heteroatoms. The second kappa shape index (κ2) is 5.61. The zero-order valence-corrected chi connectivity index (χ0v) is 11.5. The second-order valence-corrected chi connectivity index (χ2v) is 5.54. The number of aliphatic hydroxyl groups excluding tert-OH is 1. The number of aryl methyl sites for hydroxylation is 1. The zero-order chi connectivity index (χ0) is 13.0. The van der Waals surface area contributed by atoms with E-state index in [4.69, 9.17) is 0 Å². The largest absolute Gasteiger partial charge is 0.394 e. The summed E-state index contributed by atoms with van der Waals surface area (Å²) in [6.45, 7) is 4.72. The SMILES string of the molecule is Cc1csc(CNC(C)(CO)c2ccccc2)n1. The monoisotopic (exact) mass is 262 g/mol. The third kappa shape index (κ3) is 2.96. The number of hydrogen-bond donors (Lipinski definition) is 2. The van der Waals surface area contributed by atoms with Crippen molar-refractivity contribution in [2.75, 3.05) is 6.61 Å². The van der Waals surface area contributed by atoms with Crippen LogP contribution in [-0.2, 0) is 12.1 Å². The minimum absolute atomic E-state index is 0.0569. The van der Waals surface area contributed by atoms with Crippen molar-refractivity contribution in [3.05, 3.63) is 52.0 Å². The van der Waals surface area contributed by atoms with Gasteiger partial charge in [0.1, 0.15) is 5.01 Å².